The molecule has 0 aromatic heterocycles. The SMILES string of the molecule is CC(C)(C)OC(=O)N1C(C2CC2)CC(=O)C1C1CC1. The molecule has 0 spiro atoms. The summed E-state index contributed by atoms with van der Waals surface area (Å²) in [5.74, 6) is 1.18. The number of carbonyl (C=O) groups excluding carboxylic acids is 2. The van der Waals surface area contributed by atoms with Crippen molar-refractivity contribution in [2.45, 2.75) is 70.6 Å². The predicted molar refractivity (Wildman–Crippen MR) is 70.7 cm³/mol. The lowest BCUT2D eigenvalue weighted by Gasteiger charge is -2.32. The van der Waals surface area contributed by atoms with Gasteiger partial charge in [0.15, 0.2) is 5.78 Å². The molecular weight excluding hydrogens is 242 g/mol. The van der Waals surface area contributed by atoms with Crippen molar-refractivity contribution >= 4 is 11.9 Å². The molecule has 1 aliphatic heterocycles. The maximum Gasteiger partial charge on any atom is 0.411 e. The van der Waals surface area contributed by atoms with Crippen molar-refractivity contribution in [1.29, 1.82) is 0 Å². The summed E-state index contributed by atoms with van der Waals surface area (Å²) in [7, 11) is 0. The third-order valence-electron chi connectivity index (χ3n) is 4.24. The largest absolute Gasteiger partial charge is 0.444 e. The highest BCUT2D eigenvalue weighted by molar-refractivity contribution is 5.92. The number of ketones is 1. The van der Waals surface area contributed by atoms with Gasteiger partial charge in [-0.25, -0.2) is 4.79 Å². The van der Waals surface area contributed by atoms with E-state index in [0.717, 1.165) is 25.7 Å². The van der Waals surface area contributed by atoms with E-state index in [1.165, 1.54) is 0 Å². The van der Waals surface area contributed by atoms with Gasteiger partial charge in [-0.2, -0.15) is 0 Å². The molecule has 3 aliphatic rings. The molecule has 0 aromatic carbocycles. The zero-order valence-corrected chi connectivity index (χ0v) is 12.0. The Labute approximate surface area is 114 Å². The van der Waals surface area contributed by atoms with Crippen LogP contribution in [0.25, 0.3) is 0 Å². The fraction of sp³-hybridized carbons (Fsp3) is 0.867. The van der Waals surface area contributed by atoms with Crippen LogP contribution in [0.4, 0.5) is 4.79 Å². The van der Waals surface area contributed by atoms with Crippen LogP contribution in [0.15, 0.2) is 0 Å². The van der Waals surface area contributed by atoms with Gasteiger partial charge in [0.1, 0.15) is 5.60 Å². The fourth-order valence-corrected chi connectivity index (χ4v) is 3.13. The van der Waals surface area contributed by atoms with Crippen LogP contribution < -0.4 is 0 Å². The maximum absolute atomic E-state index is 12.4. The molecule has 4 nitrogen and oxygen atoms in total. The molecule has 3 fully saturated rings. The summed E-state index contributed by atoms with van der Waals surface area (Å²) < 4.78 is 5.52. The highest BCUT2D eigenvalue weighted by Crippen LogP contribution is 2.47. The van der Waals surface area contributed by atoms with Crippen LogP contribution in [-0.2, 0) is 9.53 Å². The van der Waals surface area contributed by atoms with Crippen molar-refractivity contribution < 1.29 is 14.3 Å². The molecule has 2 saturated carbocycles. The highest BCUT2D eigenvalue weighted by atomic mass is 16.6. The van der Waals surface area contributed by atoms with Crippen molar-refractivity contribution in [2.75, 3.05) is 0 Å². The second-order valence-corrected chi connectivity index (χ2v) is 7.25. The molecule has 0 radical (unpaired) electrons. The molecule has 2 unspecified atom stereocenters. The van der Waals surface area contributed by atoms with Gasteiger partial charge in [-0.05, 0) is 58.3 Å². The number of likely N-dealkylation sites (tertiary alicyclic amines) is 1. The number of amides is 1. The van der Waals surface area contributed by atoms with Crippen LogP contribution in [0.5, 0.6) is 0 Å². The van der Waals surface area contributed by atoms with Crippen molar-refractivity contribution in [3.8, 4) is 0 Å². The van der Waals surface area contributed by atoms with Gasteiger partial charge in [0, 0.05) is 12.5 Å². The minimum Gasteiger partial charge on any atom is -0.444 e. The first-order valence-corrected chi connectivity index (χ1v) is 7.41. The maximum atomic E-state index is 12.4. The summed E-state index contributed by atoms with van der Waals surface area (Å²) >= 11 is 0. The summed E-state index contributed by atoms with van der Waals surface area (Å²) in [6.07, 6.45) is 4.71. The molecule has 4 heteroatoms. The molecule has 1 amide bonds. The predicted octanol–water partition coefficient (Wildman–Crippen LogP) is 2.75. The molecule has 0 aromatic rings. The zero-order valence-electron chi connectivity index (χ0n) is 12.0. The standard InChI is InChI=1S/C15H23NO3/c1-15(2,3)19-14(18)16-11(9-4-5-9)8-12(17)13(16)10-6-7-10/h9-11,13H,4-8H2,1-3H3. The molecule has 0 N–H and O–H groups in total. The van der Waals surface area contributed by atoms with E-state index in [2.05, 4.69) is 0 Å². The van der Waals surface area contributed by atoms with E-state index in [9.17, 15) is 9.59 Å². The van der Waals surface area contributed by atoms with Crippen molar-refractivity contribution in [2.24, 2.45) is 11.8 Å². The fourth-order valence-electron chi connectivity index (χ4n) is 3.13. The van der Waals surface area contributed by atoms with E-state index in [1.807, 2.05) is 20.8 Å². The van der Waals surface area contributed by atoms with E-state index in [4.69, 9.17) is 4.74 Å². The van der Waals surface area contributed by atoms with Crippen LogP contribution in [-0.4, -0.2) is 34.5 Å². The van der Waals surface area contributed by atoms with E-state index in [0.29, 0.717) is 18.3 Å². The lowest BCUT2D eigenvalue weighted by atomic mass is 10.1. The van der Waals surface area contributed by atoms with E-state index >= 15 is 0 Å². The molecule has 106 valence electrons. The van der Waals surface area contributed by atoms with E-state index in [1.54, 1.807) is 4.90 Å². The number of rotatable bonds is 2. The van der Waals surface area contributed by atoms with Gasteiger partial charge in [-0.1, -0.05) is 0 Å². The normalized spacial score (nSPS) is 31.7. The number of hydrogen-bond donors (Lipinski definition) is 0. The Morgan fingerprint density at radius 1 is 1.16 bits per heavy atom. The Bertz CT molecular complexity index is 404. The molecule has 19 heavy (non-hydrogen) atoms. The van der Waals surface area contributed by atoms with Crippen molar-refractivity contribution in [3.63, 3.8) is 0 Å². The first kappa shape index (κ1) is 12.9. The quantitative estimate of drug-likeness (QED) is 0.771. The summed E-state index contributed by atoms with van der Waals surface area (Å²) in [4.78, 5) is 26.5. The minimum atomic E-state index is -0.495. The molecular formula is C15H23NO3. The molecule has 2 aliphatic carbocycles. The first-order valence-electron chi connectivity index (χ1n) is 7.41. The molecule has 3 rings (SSSR count). The van der Waals surface area contributed by atoms with E-state index < -0.39 is 5.60 Å². The highest BCUT2D eigenvalue weighted by Gasteiger charge is 2.54. The summed E-state index contributed by atoms with van der Waals surface area (Å²) in [5.41, 5.74) is -0.495. The van der Waals surface area contributed by atoms with E-state index in [-0.39, 0.29) is 24.0 Å². The Morgan fingerprint density at radius 2 is 1.74 bits per heavy atom. The van der Waals surface area contributed by atoms with Gasteiger partial charge < -0.3 is 4.74 Å². The van der Waals surface area contributed by atoms with Gasteiger partial charge in [0.05, 0.1) is 6.04 Å². The first-order chi connectivity index (χ1) is 8.87. The number of ether oxygens (including phenoxy) is 1. The second kappa shape index (κ2) is 4.22. The van der Waals surface area contributed by atoms with Crippen molar-refractivity contribution in [1.82, 2.24) is 4.90 Å². The smallest absolute Gasteiger partial charge is 0.411 e. The molecule has 1 saturated heterocycles. The van der Waals surface area contributed by atoms with Gasteiger partial charge >= 0.3 is 6.09 Å². The number of nitrogens with zero attached hydrogens (tertiary/aromatic N) is 1. The average molecular weight is 265 g/mol. The van der Waals surface area contributed by atoms with Crippen LogP contribution in [0.3, 0.4) is 0 Å². The van der Waals surface area contributed by atoms with Gasteiger partial charge in [0.25, 0.3) is 0 Å². The summed E-state index contributed by atoms with van der Waals surface area (Å²) in [6, 6.07) is -0.0894. The Morgan fingerprint density at radius 3 is 2.21 bits per heavy atom. The monoisotopic (exact) mass is 265 g/mol. The number of Topliss-reactive ketones (excluding diaryl/α,β-unsaturated/α-hetero) is 1. The van der Waals surface area contributed by atoms with Gasteiger partial charge in [0.2, 0.25) is 0 Å². The van der Waals surface area contributed by atoms with Crippen molar-refractivity contribution in [3.05, 3.63) is 0 Å². The third-order valence-corrected chi connectivity index (χ3v) is 4.24. The number of hydrogen-bond acceptors (Lipinski definition) is 3. The van der Waals surface area contributed by atoms with Crippen LogP contribution >= 0.6 is 0 Å². The lowest BCUT2D eigenvalue weighted by molar-refractivity contribution is -0.120. The van der Waals surface area contributed by atoms with Gasteiger partial charge in [-0.15, -0.1) is 0 Å². The Balaban J connectivity index is 1.80. The summed E-state index contributed by atoms with van der Waals surface area (Å²) in [5, 5.41) is 0. The van der Waals surface area contributed by atoms with Crippen LogP contribution in [0, 0.1) is 11.8 Å². The third kappa shape index (κ3) is 2.63. The van der Waals surface area contributed by atoms with Gasteiger partial charge in [-0.3, -0.25) is 9.69 Å². The zero-order chi connectivity index (χ0) is 13.8. The molecule has 0 bridgehead atoms. The Kier molecular flexibility index (Phi) is 2.88. The topological polar surface area (TPSA) is 46.6 Å². The minimum absolute atomic E-state index is 0.105. The van der Waals surface area contributed by atoms with Crippen LogP contribution in [0.1, 0.15) is 52.9 Å². The second-order valence-electron chi connectivity index (χ2n) is 7.25. The summed E-state index contributed by atoms with van der Waals surface area (Å²) in [6.45, 7) is 5.63. The lowest BCUT2D eigenvalue weighted by Crippen LogP contribution is -2.47. The average Bonchev–Trinajstić information content (AvgIpc) is 3.14. The molecule has 1 heterocycles. The molecule has 2 atom stereocenters. The van der Waals surface area contributed by atoms with Crippen LogP contribution in [0.2, 0.25) is 0 Å². The Hall–Kier alpha value is -1.06. The number of carbonyl (C=O) groups is 2.